The molecule has 0 aliphatic heterocycles. The van der Waals surface area contributed by atoms with Crippen molar-refractivity contribution in [3.63, 3.8) is 0 Å². The maximum absolute atomic E-state index is 4.41. The second-order valence-corrected chi connectivity index (χ2v) is 7.34. The van der Waals surface area contributed by atoms with Crippen LogP contribution in [0.2, 0.25) is 0 Å². The number of rotatable bonds is 7. The van der Waals surface area contributed by atoms with Crippen molar-refractivity contribution < 1.29 is 0 Å². The first-order valence-electron chi connectivity index (χ1n) is 7.82. The van der Waals surface area contributed by atoms with Gasteiger partial charge in [0, 0.05) is 18.9 Å². The largest absolute Gasteiger partial charge is 0.316 e. The molecule has 4 heteroatoms. The normalized spacial score (nSPS) is 20.9. The van der Waals surface area contributed by atoms with Crippen molar-refractivity contribution in [3.8, 4) is 0 Å². The Morgan fingerprint density at radius 2 is 2.00 bits per heavy atom. The fraction of sp³-hybridized carbons (Fsp3) is 0.529. The van der Waals surface area contributed by atoms with Crippen molar-refractivity contribution in [1.82, 2.24) is 15.5 Å². The predicted molar refractivity (Wildman–Crippen MR) is 87.9 cm³/mol. The Bertz CT molecular complexity index is 564. The zero-order valence-corrected chi connectivity index (χ0v) is 13.6. The van der Waals surface area contributed by atoms with Crippen LogP contribution in [0.3, 0.4) is 0 Å². The third-order valence-electron chi connectivity index (χ3n) is 3.89. The lowest BCUT2D eigenvalue weighted by atomic mass is 10.1. The minimum absolute atomic E-state index is 0.599. The Morgan fingerprint density at radius 1 is 1.19 bits per heavy atom. The summed E-state index contributed by atoms with van der Waals surface area (Å²) in [7, 11) is 0. The van der Waals surface area contributed by atoms with Gasteiger partial charge in [0.1, 0.15) is 10.0 Å². The topological polar surface area (TPSA) is 37.8 Å². The second-order valence-electron chi connectivity index (χ2n) is 6.24. The predicted octanol–water partition coefficient (Wildman–Crippen LogP) is 3.60. The summed E-state index contributed by atoms with van der Waals surface area (Å²) in [5, 5.41) is 14.6. The number of hydrogen-bond donors (Lipinski definition) is 1. The van der Waals surface area contributed by atoms with Crippen LogP contribution in [-0.4, -0.2) is 23.3 Å². The van der Waals surface area contributed by atoms with E-state index in [2.05, 4.69) is 59.7 Å². The summed E-state index contributed by atoms with van der Waals surface area (Å²) < 4.78 is 0. The molecule has 1 saturated carbocycles. The van der Waals surface area contributed by atoms with Gasteiger partial charge in [0.05, 0.1) is 0 Å². The first kappa shape index (κ1) is 14.7. The summed E-state index contributed by atoms with van der Waals surface area (Å²) in [4.78, 5) is 0. The Hall–Kier alpha value is -1.26. The van der Waals surface area contributed by atoms with E-state index in [4.69, 9.17) is 0 Å². The molecule has 0 saturated heterocycles. The van der Waals surface area contributed by atoms with Crippen molar-refractivity contribution in [3.05, 3.63) is 45.9 Å². The van der Waals surface area contributed by atoms with Gasteiger partial charge in [-0.15, -0.1) is 21.5 Å². The highest BCUT2D eigenvalue weighted by molar-refractivity contribution is 7.11. The number of aromatic nitrogens is 2. The highest BCUT2D eigenvalue weighted by Gasteiger charge is 2.41. The molecule has 3 nitrogen and oxygen atoms in total. The van der Waals surface area contributed by atoms with Crippen LogP contribution < -0.4 is 5.32 Å². The fourth-order valence-electron chi connectivity index (χ4n) is 2.64. The Labute approximate surface area is 130 Å². The van der Waals surface area contributed by atoms with Gasteiger partial charge in [0.15, 0.2) is 0 Å². The van der Waals surface area contributed by atoms with Crippen LogP contribution in [0.25, 0.3) is 0 Å². The lowest BCUT2D eigenvalue weighted by Gasteiger charge is -2.05. The van der Waals surface area contributed by atoms with Crippen molar-refractivity contribution in [1.29, 1.82) is 0 Å². The summed E-state index contributed by atoms with van der Waals surface area (Å²) in [6, 6.07) is 10.8. The van der Waals surface area contributed by atoms with Gasteiger partial charge >= 0.3 is 0 Å². The quantitative estimate of drug-likeness (QED) is 0.794. The van der Waals surface area contributed by atoms with Gasteiger partial charge in [-0.2, -0.15) is 0 Å². The molecule has 1 aromatic carbocycles. The monoisotopic (exact) mass is 301 g/mol. The van der Waals surface area contributed by atoms with Crippen molar-refractivity contribution in [2.45, 2.75) is 38.5 Å². The molecule has 2 atom stereocenters. The van der Waals surface area contributed by atoms with E-state index in [9.17, 15) is 0 Å². The molecule has 0 bridgehead atoms. The van der Waals surface area contributed by atoms with Crippen molar-refractivity contribution in [2.75, 3.05) is 13.1 Å². The maximum atomic E-state index is 4.41. The van der Waals surface area contributed by atoms with E-state index < -0.39 is 0 Å². The lowest BCUT2D eigenvalue weighted by molar-refractivity contribution is 0.553. The Balaban J connectivity index is 1.50. The third kappa shape index (κ3) is 3.89. The van der Waals surface area contributed by atoms with Gasteiger partial charge in [-0.25, -0.2) is 0 Å². The molecule has 1 fully saturated rings. The molecule has 2 unspecified atom stereocenters. The molecule has 1 aliphatic carbocycles. The number of benzene rings is 1. The van der Waals surface area contributed by atoms with Gasteiger partial charge in [-0.05, 0) is 30.4 Å². The van der Waals surface area contributed by atoms with E-state index in [1.54, 1.807) is 11.3 Å². The lowest BCUT2D eigenvalue weighted by Crippen LogP contribution is -2.22. The standard InChI is InChI=1S/C17H23N3S/c1-12(2)11-18-9-8-16-19-20-17(21-16)15-10-14(15)13-6-4-3-5-7-13/h3-7,12,14-15,18H,8-11H2,1-2H3. The summed E-state index contributed by atoms with van der Waals surface area (Å²) in [6.07, 6.45) is 2.22. The van der Waals surface area contributed by atoms with Gasteiger partial charge in [-0.1, -0.05) is 44.2 Å². The smallest absolute Gasteiger partial charge is 0.121 e. The first-order valence-corrected chi connectivity index (χ1v) is 8.63. The van der Waals surface area contributed by atoms with Gasteiger partial charge in [0.2, 0.25) is 0 Å². The van der Waals surface area contributed by atoms with Crippen LogP contribution in [-0.2, 0) is 6.42 Å². The van der Waals surface area contributed by atoms with Gasteiger partial charge < -0.3 is 5.32 Å². The van der Waals surface area contributed by atoms with E-state index in [0.29, 0.717) is 17.8 Å². The molecule has 112 valence electrons. The molecule has 2 aromatic rings. The van der Waals surface area contributed by atoms with Crippen molar-refractivity contribution in [2.24, 2.45) is 5.92 Å². The second kappa shape index (κ2) is 6.67. The van der Waals surface area contributed by atoms with E-state index >= 15 is 0 Å². The zero-order chi connectivity index (χ0) is 14.7. The minimum Gasteiger partial charge on any atom is -0.316 e. The van der Waals surface area contributed by atoms with Crippen molar-refractivity contribution >= 4 is 11.3 Å². The first-order chi connectivity index (χ1) is 10.2. The van der Waals surface area contributed by atoms with Gasteiger partial charge in [0.25, 0.3) is 0 Å². The highest BCUT2D eigenvalue weighted by atomic mass is 32.1. The van der Waals surface area contributed by atoms with Crippen LogP contribution in [0.1, 0.15) is 47.7 Å². The SMILES string of the molecule is CC(C)CNCCc1nnc(C2CC2c2ccccc2)s1. The molecule has 1 heterocycles. The number of nitrogens with zero attached hydrogens (tertiary/aromatic N) is 2. The van der Waals surface area contributed by atoms with Gasteiger partial charge in [-0.3, -0.25) is 0 Å². The average molecular weight is 301 g/mol. The Kier molecular flexibility index (Phi) is 4.66. The van der Waals surface area contributed by atoms with Crippen LogP contribution >= 0.6 is 11.3 Å². The van der Waals surface area contributed by atoms with E-state index in [1.165, 1.54) is 22.0 Å². The van der Waals surface area contributed by atoms with E-state index in [1.807, 2.05) is 0 Å². The molecule has 0 spiro atoms. The van der Waals surface area contributed by atoms with E-state index in [-0.39, 0.29) is 0 Å². The van der Waals surface area contributed by atoms with Crippen LogP contribution in [0.5, 0.6) is 0 Å². The summed E-state index contributed by atoms with van der Waals surface area (Å²) in [6.45, 7) is 6.53. The summed E-state index contributed by atoms with van der Waals surface area (Å²) in [5.74, 6) is 1.96. The minimum atomic E-state index is 0.599. The molecular formula is C17H23N3S. The molecule has 3 rings (SSSR count). The molecule has 0 radical (unpaired) electrons. The molecular weight excluding hydrogens is 278 g/mol. The zero-order valence-electron chi connectivity index (χ0n) is 12.7. The molecule has 0 amide bonds. The number of nitrogens with one attached hydrogen (secondary N) is 1. The summed E-state index contributed by atoms with van der Waals surface area (Å²) >= 11 is 1.80. The molecule has 1 aliphatic rings. The highest BCUT2D eigenvalue weighted by Crippen LogP contribution is 2.55. The average Bonchev–Trinajstić information content (AvgIpc) is 3.16. The van der Waals surface area contributed by atoms with Crippen LogP contribution in [0.4, 0.5) is 0 Å². The molecule has 21 heavy (non-hydrogen) atoms. The summed E-state index contributed by atoms with van der Waals surface area (Å²) in [5.41, 5.74) is 1.44. The molecule has 1 aromatic heterocycles. The fourth-order valence-corrected chi connectivity index (χ4v) is 3.66. The number of hydrogen-bond acceptors (Lipinski definition) is 4. The van der Waals surface area contributed by atoms with Crippen LogP contribution in [0.15, 0.2) is 30.3 Å². The third-order valence-corrected chi connectivity index (χ3v) is 5.00. The Morgan fingerprint density at radius 3 is 2.76 bits per heavy atom. The van der Waals surface area contributed by atoms with Crippen LogP contribution in [0, 0.1) is 5.92 Å². The van der Waals surface area contributed by atoms with E-state index in [0.717, 1.165) is 19.5 Å². The molecule has 1 N–H and O–H groups in total. The maximum Gasteiger partial charge on any atom is 0.121 e.